The third-order valence-electron chi connectivity index (χ3n) is 4.87. The number of piperazine rings is 1. The summed E-state index contributed by atoms with van der Waals surface area (Å²) in [6, 6.07) is 11.6. The Labute approximate surface area is 169 Å². The minimum Gasteiger partial charge on any atom is -0.495 e. The zero-order valence-electron chi connectivity index (χ0n) is 16.6. The molecule has 1 saturated heterocycles. The van der Waals surface area contributed by atoms with Crippen LogP contribution in [0, 0.1) is 5.82 Å². The van der Waals surface area contributed by atoms with E-state index < -0.39 is 0 Å². The zero-order chi connectivity index (χ0) is 20.8. The van der Waals surface area contributed by atoms with Gasteiger partial charge in [-0.05, 0) is 42.5 Å². The molecule has 1 fully saturated rings. The molecule has 0 radical (unpaired) electrons. The molecular weight excluding hydrogens is 375 g/mol. The molecule has 154 valence electrons. The molecule has 1 aliphatic rings. The Balaban J connectivity index is 1.55. The molecule has 3 rings (SSSR count). The lowest BCUT2D eigenvalue weighted by atomic mass is 10.2. The van der Waals surface area contributed by atoms with Crippen molar-refractivity contribution in [1.82, 2.24) is 0 Å². The van der Waals surface area contributed by atoms with Crippen molar-refractivity contribution in [1.29, 1.82) is 0 Å². The van der Waals surface area contributed by atoms with Crippen molar-refractivity contribution in [3.63, 3.8) is 0 Å². The van der Waals surface area contributed by atoms with Gasteiger partial charge in [0.25, 0.3) is 5.91 Å². The number of quaternary nitrogens is 1. The monoisotopic (exact) mass is 401 g/mol. The maximum absolute atomic E-state index is 13.1. The minimum absolute atomic E-state index is 0.117. The molecule has 8 heteroatoms. The molecule has 29 heavy (non-hydrogen) atoms. The Bertz CT molecular complexity index is 865. The van der Waals surface area contributed by atoms with Crippen LogP contribution < -0.4 is 25.2 Å². The average Bonchev–Trinajstić information content (AvgIpc) is 2.69. The van der Waals surface area contributed by atoms with Crippen molar-refractivity contribution >= 4 is 28.9 Å². The Morgan fingerprint density at radius 3 is 2.41 bits per heavy atom. The molecule has 0 atom stereocenters. The molecule has 0 aliphatic carbocycles. The number of rotatable bonds is 6. The number of carbonyl (C=O) groups is 2. The maximum atomic E-state index is 13.1. The van der Waals surface area contributed by atoms with E-state index in [0.717, 1.165) is 31.9 Å². The average molecular weight is 401 g/mol. The van der Waals surface area contributed by atoms with Gasteiger partial charge in [-0.1, -0.05) is 0 Å². The normalized spacial score (nSPS) is 14.4. The highest BCUT2D eigenvalue weighted by Crippen LogP contribution is 2.27. The van der Waals surface area contributed by atoms with Crippen LogP contribution in [0.25, 0.3) is 0 Å². The topological polar surface area (TPSA) is 75.1 Å². The van der Waals surface area contributed by atoms with E-state index in [0.29, 0.717) is 23.7 Å². The molecular formula is C21H26FN4O3+. The third kappa shape index (κ3) is 5.68. The van der Waals surface area contributed by atoms with Crippen LogP contribution in [0.15, 0.2) is 42.5 Å². The van der Waals surface area contributed by atoms with Crippen LogP contribution in [-0.2, 0) is 9.59 Å². The van der Waals surface area contributed by atoms with E-state index in [1.807, 2.05) is 0 Å². The summed E-state index contributed by atoms with van der Waals surface area (Å²) in [5.74, 6) is -0.0133. The molecule has 2 amide bonds. The molecule has 1 aliphatic heterocycles. The lowest BCUT2D eigenvalue weighted by Gasteiger charge is -2.33. The van der Waals surface area contributed by atoms with Crippen LogP contribution in [-0.4, -0.2) is 51.6 Å². The first-order valence-electron chi connectivity index (χ1n) is 9.54. The number of ether oxygens (including phenoxy) is 1. The Morgan fingerprint density at radius 2 is 1.79 bits per heavy atom. The first kappa shape index (κ1) is 20.6. The highest BCUT2D eigenvalue weighted by molar-refractivity contribution is 5.95. The summed E-state index contributed by atoms with van der Waals surface area (Å²) < 4.78 is 18.4. The summed E-state index contributed by atoms with van der Waals surface area (Å²) in [4.78, 5) is 27.2. The molecule has 0 aromatic heterocycles. The van der Waals surface area contributed by atoms with E-state index in [1.54, 1.807) is 30.3 Å². The predicted octanol–water partition coefficient (Wildman–Crippen LogP) is 1.14. The second-order valence-electron chi connectivity index (χ2n) is 7.03. The summed E-state index contributed by atoms with van der Waals surface area (Å²) in [7, 11) is 1.53. The second kappa shape index (κ2) is 9.38. The fourth-order valence-corrected chi connectivity index (χ4v) is 3.42. The van der Waals surface area contributed by atoms with E-state index >= 15 is 0 Å². The highest BCUT2D eigenvalue weighted by atomic mass is 19.1. The summed E-state index contributed by atoms with van der Waals surface area (Å²) in [6.45, 7) is 5.00. The van der Waals surface area contributed by atoms with Gasteiger partial charge in [0.15, 0.2) is 6.54 Å². The summed E-state index contributed by atoms with van der Waals surface area (Å²) in [5.41, 5.74) is 2.11. The van der Waals surface area contributed by atoms with E-state index in [2.05, 4.69) is 15.5 Å². The zero-order valence-corrected chi connectivity index (χ0v) is 16.6. The van der Waals surface area contributed by atoms with Crippen molar-refractivity contribution in [3.8, 4) is 5.75 Å². The molecule has 0 saturated carbocycles. The Hall–Kier alpha value is -3.13. The van der Waals surface area contributed by atoms with E-state index in [4.69, 9.17) is 4.74 Å². The van der Waals surface area contributed by atoms with Gasteiger partial charge in [0.2, 0.25) is 5.91 Å². The number of anilines is 3. The molecule has 0 unspecified atom stereocenters. The molecule has 0 spiro atoms. The van der Waals surface area contributed by atoms with Crippen molar-refractivity contribution in [2.75, 3.05) is 55.4 Å². The van der Waals surface area contributed by atoms with Gasteiger partial charge in [0, 0.05) is 18.3 Å². The molecule has 0 bridgehead atoms. The van der Waals surface area contributed by atoms with Gasteiger partial charge < -0.3 is 25.2 Å². The number of nitrogens with one attached hydrogen (secondary N) is 3. The van der Waals surface area contributed by atoms with Gasteiger partial charge >= 0.3 is 0 Å². The summed E-state index contributed by atoms with van der Waals surface area (Å²) >= 11 is 0. The van der Waals surface area contributed by atoms with Gasteiger partial charge in [-0.15, -0.1) is 0 Å². The lowest BCUT2D eigenvalue weighted by molar-refractivity contribution is -0.892. The van der Waals surface area contributed by atoms with Gasteiger partial charge in [-0.25, -0.2) is 4.39 Å². The van der Waals surface area contributed by atoms with Crippen LogP contribution in [0.3, 0.4) is 0 Å². The smallest absolute Gasteiger partial charge is 0.279 e. The number of carbonyl (C=O) groups excluding carboxylic acids is 2. The van der Waals surface area contributed by atoms with E-state index in [-0.39, 0.29) is 17.6 Å². The number of amides is 2. The first-order valence-corrected chi connectivity index (χ1v) is 9.54. The van der Waals surface area contributed by atoms with Crippen molar-refractivity contribution in [2.24, 2.45) is 0 Å². The van der Waals surface area contributed by atoms with Crippen LogP contribution in [0.1, 0.15) is 6.92 Å². The number of hydrogen-bond acceptors (Lipinski definition) is 4. The van der Waals surface area contributed by atoms with Gasteiger partial charge in [-0.2, -0.15) is 0 Å². The standard InChI is InChI=1S/C21H25FN4O3/c1-15(27)23-17-5-8-20(29-2)19(13-17)24-21(28)14-25-9-11-26(12-10-25)18-6-3-16(22)4-7-18/h3-8,13H,9-12,14H2,1-2H3,(H,23,27)(H,24,28)/p+1. The lowest BCUT2D eigenvalue weighted by Crippen LogP contribution is -3.15. The quantitative estimate of drug-likeness (QED) is 0.679. The van der Waals surface area contributed by atoms with Crippen molar-refractivity contribution in [3.05, 3.63) is 48.3 Å². The number of halogens is 1. The first-order chi connectivity index (χ1) is 13.9. The number of benzene rings is 2. The molecule has 7 nitrogen and oxygen atoms in total. The molecule has 2 aromatic carbocycles. The van der Waals surface area contributed by atoms with Crippen LogP contribution >= 0.6 is 0 Å². The SMILES string of the molecule is COc1ccc(NC(C)=O)cc1NC(=O)C[NH+]1CCN(c2ccc(F)cc2)CC1. The number of nitrogens with zero attached hydrogens (tertiary/aromatic N) is 1. The fourth-order valence-electron chi connectivity index (χ4n) is 3.42. The molecule has 1 heterocycles. The molecule has 3 N–H and O–H groups in total. The van der Waals surface area contributed by atoms with Crippen molar-refractivity contribution in [2.45, 2.75) is 6.92 Å². The second-order valence-corrected chi connectivity index (χ2v) is 7.03. The van der Waals surface area contributed by atoms with Crippen LogP contribution in [0.4, 0.5) is 21.5 Å². The largest absolute Gasteiger partial charge is 0.495 e. The highest BCUT2D eigenvalue weighted by Gasteiger charge is 2.23. The van der Waals surface area contributed by atoms with E-state index in [1.165, 1.54) is 31.1 Å². The third-order valence-corrected chi connectivity index (χ3v) is 4.87. The number of hydrogen-bond donors (Lipinski definition) is 3. The van der Waals surface area contributed by atoms with Crippen molar-refractivity contribution < 1.29 is 23.6 Å². The molecule has 2 aromatic rings. The number of methoxy groups -OCH3 is 1. The van der Waals surface area contributed by atoms with Gasteiger partial charge in [0.1, 0.15) is 11.6 Å². The van der Waals surface area contributed by atoms with Crippen LogP contribution in [0.5, 0.6) is 5.75 Å². The van der Waals surface area contributed by atoms with Crippen LogP contribution in [0.2, 0.25) is 0 Å². The fraction of sp³-hybridized carbons (Fsp3) is 0.333. The predicted molar refractivity (Wildman–Crippen MR) is 110 cm³/mol. The minimum atomic E-state index is -0.243. The van der Waals surface area contributed by atoms with Gasteiger partial charge in [-0.3, -0.25) is 9.59 Å². The maximum Gasteiger partial charge on any atom is 0.279 e. The summed E-state index contributed by atoms with van der Waals surface area (Å²) in [5, 5.41) is 5.58. The summed E-state index contributed by atoms with van der Waals surface area (Å²) in [6.07, 6.45) is 0. The Kier molecular flexibility index (Phi) is 6.66. The van der Waals surface area contributed by atoms with Gasteiger partial charge in [0.05, 0.1) is 39.0 Å². The Morgan fingerprint density at radius 1 is 1.10 bits per heavy atom. The van der Waals surface area contributed by atoms with E-state index in [9.17, 15) is 14.0 Å².